The molecule has 0 aliphatic heterocycles. The monoisotopic (exact) mass is 290 g/mol. The van der Waals surface area contributed by atoms with Crippen molar-refractivity contribution in [1.82, 2.24) is 4.98 Å². The van der Waals surface area contributed by atoms with E-state index in [2.05, 4.69) is 24.1 Å². The standard InChI is InChI=1S/C16H19ClN2O/c1-3-10-18-15-6-5-7-16(19-15)20-13-8-9-14(17)12(4-2)11-13/h5-9,11H,3-4,10H2,1-2H3,(H,18,19). The van der Waals surface area contributed by atoms with Crippen molar-refractivity contribution < 1.29 is 4.74 Å². The Hall–Kier alpha value is -1.74. The van der Waals surface area contributed by atoms with E-state index in [1.54, 1.807) is 0 Å². The van der Waals surface area contributed by atoms with E-state index in [1.165, 1.54) is 0 Å². The maximum absolute atomic E-state index is 6.10. The van der Waals surface area contributed by atoms with Crippen LogP contribution in [0.25, 0.3) is 0 Å². The molecule has 2 rings (SSSR count). The van der Waals surface area contributed by atoms with Crippen molar-refractivity contribution in [3.8, 4) is 11.6 Å². The van der Waals surface area contributed by atoms with Crippen LogP contribution in [0.4, 0.5) is 5.82 Å². The average Bonchev–Trinajstić information content (AvgIpc) is 2.47. The zero-order chi connectivity index (χ0) is 14.4. The molecule has 0 aliphatic carbocycles. The zero-order valence-corrected chi connectivity index (χ0v) is 12.6. The van der Waals surface area contributed by atoms with Crippen molar-refractivity contribution in [2.45, 2.75) is 26.7 Å². The lowest BCUT2D eigenvalue weighted by Gasteiger charge is -2.09. The van der Waals surface area contributed by atoms with Crippen LogP contribution in [0.15, 0.2) is 36.4 Å². The van der Waals surface area contributed by atoms with Gasteiger partial charge in [0, 0.05) is 17.6 Å². The minimum atomic E-state index is 0.579. The van der Waals surface area contributed by atoms with E-state index in [4.69, 9.17) is 16.3 Å². The van der Waals surface area contributed by atoms with Gasteiger partial charge < -0.3 is 10.1 Å². The fourth-order valence-corrected chi connectivity index (χ4v) is 2.08. The number of nitrogens with one attached hydrogen (secondary N) is 1. The molecule has 0 saturated heterocycles. The first-order chi connectivity index (χ1) is 9.72. The van der Waals surface area contributed by atoms with Gasteiger partial charge in [0.1, 0.15) is 11.6 Å². The van der Waals surface area contributed by atoms with Gasteiger partial charge in [0.25, 0.3) is 0 Å². The molecule has 0 unspecified atom stereocenters. The minimum Gasteiger partial charge on any atom is -0.439 e. The summed E-state index contributed by atoms with van der Waals surface area (Å²) in [5.74, 6) is 2.16. The lowest BCUT2D eigenvalue weighted by Crippen LogP contribution is -2.02. The lowest BCUT2D eigenvalue weighted by atomic mass is 10.1. The molecular formula is C16H19ClN2O. The van der Waals surface area contributed by atoms with Crippen LogP contribution in [0, 0.1) is 0 Å². The summed E-state index contributed by atoms with van der Waals surface area (Å²) in [7, 11) is 0. The van der Waals surface area contributed by atoms with E-state index in [1.807, 2.05) is 36.4 Å². The van der Waals surface area contributed by atoms with Crippen LogP contribution in [0.5, 0.6) is 11.6 Å². The predicted molar refractivity (Wildman–Crippen MR) is 83.9 cm³/mol. The second kappa shape index (κ2) is 7.15. The largest absolute Gasteiger partial charge is 0.439 e. The van der Waals surface area contributed by atoms with Crippen molar-refractivity contribution in [1.29, 1.82) is 0 Å². The second-order valence-electron chi connectivity index (χ2n) is 4.50. The third-order valence-corrected chi connectivity index (χ3v) is 3.27. The summed E-state index contributed by atoms with van der Waals surface area (Å²) in [5, 5.41) is 4.01. The number of hydrogen-bond donors (Lipinski definition) is 1. The Morgan fingerprint density at radius 3 is 2.80 bits per heavy atom. The van der Waals surface area contributed by atoms with Crippen LogP contribution in [0.2, 0.25) is 5.02 Å². The molecular weight excluding hydrogens is 272 g/mol. The highest BCUT2D eigenvalue weighted by atomic mass is 35.5. The van der Waals surface area contributed by atoms with Crippen molar-refractivity contribution in [2.75, 3.05) is 11.9 Å². The van der Waals surface area contributed by atoms with Crippen LogP contribution in [0.3, 0.4) is 0 Å². The number of halogens is 1. The first kappa shape index (κ1) is 14.7. The van der Waals surface area contributed by atoms with Gasteiger partial charge in [0.15, 0.2) is 0 Å². The number of rotatable bonds is 6. The molecule has 3 nitrogen and oxygen atoms in total. The molecule has 0 spiro atoms. The molecule has 4 heteroatoms. The molecule has 1 aromatic carbocycles. The SMILES string of the molecule is CCCNc1cccc(Oc2ccc(Cl)c(CC)c2)n1. The van der Waals surface area contributed by atoms with E-state index >= 15 is 0 Å². The molecule has 0 bridgehead atoms. The van der Waals surface area contributed by atoms with Crippen molar-refractivity contribution in [3.05, 3.63) is 47.0 Å². The molecule has 0 fully saturated rings. The summed E-state index contributed by atoms with van der Waals surface area (Å²) in [4.78, 5) is 4.42. The average molecular weight is 291 g/mol. The van der Waals surface area contributed by atoms with Gasteiger partial charge in [-0.25, -0.2) is 0 Å². The highest BCUT2D eigenvalue weighted by Gasteiger charge is 2.04. The number of pyridine rings is 1. The first-order valence-corrected chi connectivity index (χ1v) is 7.28. The summed E-state index contributed by atoms with van der Waals surface area (Å²) >= 11 is 6.10. The Balaban J connectivity index is 2.13. The van der Waals surface area contributed by atoms with Gasteiger partial charge in [-0.2, -0.15) is 4.98 Å². The van der Waals surface area contributed by atoms with Crippen molar-refractivity contribution in [3.63, 3.8) is 0 Å². The highest BCUT2D eigenvalue weighted by Crippen LogP contribution is 2.26. The van der Waals surface area contributed by atoms with E-state index < -0.39 is 0 Å². The number of benzene rings is 1. The fourth-order valence-electron chi connectivity index (χ4n) is 1.83. The highest BCUT2D eigenvalue weighted by molar-refractivity contribution is 6.31. The molecule has 0 amide bonds. The number of aryl methyl sites for hydroxylation is 1. The van der Waals surface area contributed by atoms with Gasteiger partial charge in [-0.15, -0.1) is 0 Å². The van der Waals surface area contributed by atoms with Crippen LogP contribution in [0.1, 0.15) is 25.8 Å². The molecule has 1 heterocycles. The molecule has 1 N–H and O–H groups in total. The number of aromatic nitrogens is 1. The maximum Gasteiger partial charge on any atom is 0.221 e. The fraction of sp³-hybridized carbons (Fsp3) is 0.312. The van der Waals surface area contributed by atoms with Crippen LogP contribution in [-0.4, -0.2) is 11.5 Å². The van der Waals surface area contributed by atoms with Crippen LogP contribution >= 0.6 is 11.6 Å². The van der Waals surface area contributed by atoms with Crippen LogP contribution < -0.4 is 10.1 Å². The Morgan fingerprint density at radius 2 is 2.05 bits per heavy atom. The van der Waals surface area contributed by atoms with Gasteiger partial charge in [0.2, 0.25) is 5.88 Å². The summed E-state index contributed by atoms with van der Waals surface area (Å²) in [6.07, 6.45) is 1.94. The summed E-state index contributed by atoms with van der Waals surface area (Å²) in [6, 6.07) is 11.4. The van der Waals surface area contributed by atoms with Gasteiger partial charge in [0.05, 0.1) is 0 Å². The van der Waals surface area contributed by atoms with E-state index in [-0.39, 0.29) is 0 Å². The van der Waals surface area contributed by atoms with Gasteiger partial charge in [-0.1, -0.05) is 31.5 Å². The topological polar surface area (TPSA) is 34.1 Å². The minimum absolute atomic E-state index is 0.579. The maximum atomic E-state index is 6.10. The third-order valence-electron chi connectivity index (χ3n) is 2.90. The summed E-state index contributed by atoms with van der Waals surface area (Å²) in [6.45, 7) is 5.09. The predicted octanol–water partition coefficient (Wildman–Crippen LogP) is 4.91. The summed E-state index contributed by atoms with van der Waals surface area (Å²) < 4.78 is 5.79. The van der Waals surface area contributed by atoms with E-state index in [9.17, 15) is 0 Å². The normalized spacial score (nSPS) is 10.3. The smallest absolute Gasteiger partial charge is 0.221 e. The molecule has 20 heavy (non-hydrogen) atoms. The summed E-state index contributed by atoms with van der Waals surface area (Å²) in [5.41, 5.74) is 1.07. The van der Waals surface area contributed by atoms with Crippen LogP contribution in [-0.2, 0) is 6.42 Å². The number of nitrogens with zero attached hydrogens (tertiary/aromatic N) is 1. The van der Waals surface area contributed by atoms with E-state index in [0.29, 0.717) is 5.88 Å². The molecule has 106 valence electrons. The van der Waals surface area contributed by atoms with Crippen molar-refractivity contribution in [2.24, 2.45) is 0 Å². The van der Waals surface area contributed by atoms with Gasteiger partial charge in [-0.05, 0) is 42.7 Å². The van der Waals surface area contributed by atoms with E-state index in [0.717, 1.165) is 41.5 Å². The Morgan fingerprint density at radius 1 is 1.20 bits per heavy atom. The first-order valence-electron chi connectivity index (χ1n) is 6.90. The third kappa shape index (κ3) is 3.87. The molecule has 0 aliphatic rings. The number of anilines is 1. The van der Waals surface area contributed by atoms with Gasteiger partial charge >= 0.3 is 0 Å². The number of hydrogen-bond acceptors (Lipinski definition) is 3. The quantitative estimate of drug-likeness (QED) is 0.820. The molecule has 1 aromatic heterocycles. The molecule has 0 radical (unpaired) electrons. The molecule has 0 atom stereocenters. The zero-order valence-electron chi connectivity index (χ0n) is 11.8. The lowest BCUT2D eigenvalue weighted by molar-refractivity contribution is 0.463. The van der Waals surface area contributed by atoms with Gasteiger partial charge in [-0.3, -0.25) is 0 Å². The Kier molecular flexibility index (Phi) is 5.24. The Labute approximate surface area is 124 Å². The second-order valence-corrected chi connectivity index (χ2v) is 4.90. The van der Waals surface area contributed by atoms with Crippen molar-refractivity contribution >= 4 is 17.4 Å². The Bertz CT molecular complexity index is 572. The molecule has 2 aromatic rings. The molecule has 0 saturated carbocycles. The number of ether oxygens (including phenoxy) is 1.